The fourth-order valence-electron chi connectivity index (χ4n) is 2.47. The van der Waals surface area contributed by atoms with Gasteiger partial charge in [-0.25, -0.2) is 9.97 Å². The summed E-state index contributed by atoms with van der Waals surface area (Å²) >= 11 is 7.16. The molecular formula is C16H14ClN5O2S. The molecule has 0 bridgehead atoms. The van der Waals surface area contributed by atoms with Gasteiger partial charge in [0.15, 0.2) is 9.96 Å². The van der Waals surface area contributed by atoms with Gasteiger partial charge >= 0.3 is 0 Å². The molecule has 0 spiro atoms. The fraction of sp³-hybridized carbons (Fsp3) is 0.250. The molecule has 0 atom stereocenters. The predicted molar refractivity (Wildman–Crippen MR) is 97.6 cm³/mol. The van der Waals surface area contributed by atoms with Gasteiger partial charge in [-0.3, -0.25) is 10.1 Å². The van der Waals surface area contributed by atoms with Crippen molar-refractivity contribution in [3.8, 4) is 0 Å². The van der Waals surface area contributed by atoms with E-state index in [0.717, 1.165) is 17.9 Å². The van der Waals surface area contributed by atoms with Crippen LogP contribution < -0.4 is 10.2 Å². The maximum Gasteiger partial charge on any atom is 0.257 e. The molecule has 25 heavy (non-hydrogen) atoms. The summed E-state index contributed by atoms with van der Waals surface area (Å²) in [6.45, 7) is 2.88. The van der Waals surface area contributed by atoms with Crippen molar-refractivity contribution in [2.45, 2.75) is 0 Å². The van der Waals surface area contributed by atoms with Crippen LogP contribution in [0.25, 0.3) is 10.3 Å². The van der Waals surface area contributed by atoms with Crippen molar-refractivity contribution in [2.75, 3.05) is 36.5 Å². The lowest BCUT2D eigenvalue weighted by atomic mass is 10.2. The van der Waals surface area contributed by atoms with Crippen LogP contribution >= 0.6 is 22.9 Å². The highest BCUT2D eigenvalue weighted by Gasteiger charge is 2.16. The molecule has 1 aliphatic heterocycles. The summed E-state index contributed by atoms with van der Waals surface area (Å²) in [5.41, 5.74) is 1.18. The zero-order valence-electron chi connectivity index (χ0n) is 13.1. The molecule has 1 amide bonds. The number of morpholine rings is 1. The Kier molecular flexibility index (Phi) is 4.48. The van der Waals surface area contributed by atoms with Crippen LogP contribution in [0.3, 0.4) is 0 Å². The topological polar surface area (TPSA) is 80.2 Å². The molecule has 1 aromatic carbocycles. The third kappa shape index (κ3) is 3.55. The third-order valence-electron chi connectivity index (χ3n) is 3.76. The Morgan fingerprint density at radius 1 is 1.20 bits per heavy atom. The molecule has 1 aliphatic rings. The van der Waals surface area contributed by atoms with Gasteiger partial charge in [0.2, 0.25) is 5.95 Å². The Bertz CT molecular complexity index is 909. The van der Waals surface area contributed by atoms with Crippen molar-refractivity contribution < 1.29 is 9.53 Å². The summed E-state index contributed by atoms with van der Waals surface area (Å²) in [5, 5.41) is 3.86. The van der Waals surface area contributed by atoms with E-state index in [0.29, 0.717) is 40.4 Å². The van der Waals surface area contributed by atoms with E-state index in [1.54, 1.807) is 30.5 Å². The van der Waals surface area contributed by atoms with Gasteiger partial charge < -0.3 is 9.64 Å². The first-order valence-corrected chi connectivity index (χ1v) is 8.92. The van der Waals surface area contributed by atoms with E-state index in [1.165, 1.54) is 11.3 Å². The van der Waals surface area contributed by atoms with E-state index >= 15 is 0 Å². The van der Waals surface area contributed by atoms with Gasteiger partial charge in [-0.05, 0) is 24.3 Å². The van der Waals surface area contributed by atoms with E-state index < -0.39 is 0 Å². The minimum Gasteiger partial charge on any atom is -0.378 e. The molecule has 128 valence electrons. The van der Waals surface area contributed by atoms with Crippen molar-refractivity contribution >= 4 is 50.3 Å². The maximum atomic E-state index is 12.3. The highest BCUT2D eigenvalue weighted by molar-refractivity contribution is 7.22. The molecule has 7 nitrogen and oxygen atoms in total. The summed E-state index contributed by atoms with van der Waals surface area (Å²) in [5.74, 6) is 0.423. The average molecular weight is 376 g/mol. The minimum absolute atomic E-state index is 0.239. The van der Waals surface area contributed by atoms with Crippen LogP contribution in [0.5, 0.6) is 0 Å². The van der Waals surface area contributed by atoms with Crippen molar-refractivity contribution in [3.63, 3.8) is 0 Å². The van der Waals surface area contributed by atoms with E-state index in [2.05, 4.69) is 25.2 Å². The SMILES string of the molecule is O=C(Nc1nc2cnc(N3CCOCC3)nc2s1)c1ccc(Cl)cc1. The van der Waals surface area contributed by atoms with Gasteiger partial charge in [0, 0.05) is 23.7 Å². The summed E-state index contributed by atoms with van der Waals surface area (Å²) < 4.78 is 5.34. The molecule has 1 fully saturated rings. The Morgan fingerprint density at radius 2 is 1.96 bits per heavy atom. The number of rotatable bonds is 3. The molecular weight excluding hydrogens is 362 g/mol. The van der Waals surface area contributed by atoms with Crippen LogP contribution in [0, 0.1) is 0 Å². The second kappa shape index (κ2) is 6.91. The summed E-state index contributed by atoms with van der Waals surface area (Å²) in [6.07, 6.45) is 1.68. The number of thiazole rings is 1. The number of hydrogen-bond donors (Lipinski definition) is 1. The summed E-state index contributed by atoms with van der Waals surface area (Å²) in [7, 11) is 0. The molecule has 3 aromatic rings. The molecule has 3 heterocycles. The largest absolute Gasteiger partial charge is 0.378 e. The molecule has 1 N–H and O–H groups in total. The third-order valence-corrected chi connectivity index (χ3v) is 4.89. The highest BCUT2D eigenvalue weighted by atomic mass is 35.5. The molecule has 9 heteroatoms. The molecule has 0 radical (unpaired) electrons. The second-order valence-corrected chi connectivity index (χ2v) is 6.85. The van der Waals surface area contributed by atoms with Crippen LogP contribution in [0.1, 0.15) is 10.4 Å². The monoisotopic (exact) mass is 375 g/mol. The quantitative estimate of drug-likeness (QED) is 0.758. The number of halogens is 1. The number of anilines is 2. The van der Waals surface area contributed by atoms with Crippen LogP contribution in [0.2, 0.25) is 5.02 Å². The first-order chi connectivity index (χ1) is 12.2. The van der Waals surface area contributed by atoms with Crippen molar-refractivity contribution in [1.82, 2.24) is 15.0 Å². The average Bonchev–Trinajstić information content (AvgIpc) is 3.04. The van der Waals surface area contributed by atoms with Crippen LogP contribution in [-0.4, -0.2) is 47.2 Å². The molecule has 2 aromatic heterocycles. The highest BCUT2D eigenvalue weighted by Crippen LogP contribution is 2.26. The Hall–Kier alpha value is -2.29. The van der Waals surface area contributed by atoms with E-state index in [4.69, 9.17) is 16.3 Å². The first-order valence-electron chi connectivity index (χ1n) is 7.72. The lowest BCUT2D eigenvalue weighted by Gasteiger charge is -2.26. The zero-order chi connectivity index (χ0) is 17.2. The van der Waals surface area contributed by atoms with Crippen LogP contribution in [-0.2, 0) is 4.74 Å². The number of aromatic nitrogens is 3. The van der Waals surface area contributed by atoms with E-state index in [1.807, 2.05) is 0 Å². The van der Waals surface area contributed by atoms with Gasteiger partial charge in [0.25, 0.3) is 5.91 Å². The molecule has 0 saturated carbocycles. The fourth-order valence-corrected chi connectivity index (χ4v) is 3.39. The maximum absolute atomic E-state index is 12.3. The predicted octanol–water partition coefficient (Wildman–Crippen LogP) is 2.83. The number of amides is 1. The van der Waals surface area contributed by atoms with Crippen LogP contribution in [0.15, 0.2) is 30.5 Å². The molecule has 0 aliphatic carbocycles. The molecule has 0 unspecified atom stereocenters. The van der Waals surface area contributed by atoms with Crippen molar-refractivity contribution in [2.24, 2.45) is 0 Å². The number of nitrogens with one attached hydrogen (secondary N) is 1. The van der Waals surface area contributed by atoms with Gasteiger partial charge in [0.1, 0.15) is 5.52 Å². The number of carbonyl (C=O) groups excluding carboxylic acids is 1. The normalized spacial score (nSPS) is 14.7. The summed E-state index contributed by atoms with van der Waals surface area (Å²) in [6, 6.07) is 6.69. The van der Waals surface area contributed by atoms with Crippen molar-refractivity contribution in [1.29, 1.82) is 0 Å². The Morgan fingerprint density at radius 3 is 2.72 bits per heavy atom. The van der Waals surface area contributed by atoms with Crippen molar-refractivity contribution in [3.05, 3.63) is 41.0 Å². The Labute approximate surface area is 152 Å². The lowest BCUT2D eigenvalue weighted by Crippen LogP contribution is -2.37. The number of ether oxygens (including phenoxy) is 1. The molecule has 1 saturated heterocycles. The van der Waals surface area contributed by atoms with Gasteiger partial charge in [-0.2, -0.15) is 4.98 Å². The number of fused-ring (bicyclic) bond motifs is 1. The second-order valence-electron chi connectivity index (χ2n) is 5.44. The number of benzene rings is 1. The van der Waals surface area contributed by atoms with Gasteiger partial charge in [-0.1, -0.05) is 22.9 Å². The van der Waals surface area contributed by atoms with E-state index in [-0.39, 0.29) is 5.91 Å². The van der Waals surface area contributed by atoms with Gasteiger partial charge in [-0.15, -0.1) is 0 Å². The standard InChI is InChI=1S/C16H14ClN5O2S/c17-11-3-1-10(2-4-11)13(23)20-16-19-12-9-18-15(21-14(12)25-16)22-5-7-24-8-6-22/h1-4,9H,5-8H2,(H,19,20,23). The summed E-state index contributed by atoms with van der Waals surface area (Å²) in [4.78, 5) is 28.4. The minimum atomic E-state index is -0.239. The zero-order valence-corrected chi connectivity index (χ0v) is 14.7. The van der Waals surface area contributed by atoms with E-state index in [9.17, 15) is 4.79 Å². The van der Waals surface area contributed by atoms with Gasteiger partial charge in [0.05, 0.1) is 19.4 Å². The number of hydrogen-bond acceptors (Lipinski definition) is 7. The van der Waals surface area contributed by atoms with Crippen LogP contribution in [0.4, 0.5) is 11.1 Å². The lowest BCUT2D eigenvalue weighted by molar-refractivity contribution is 0.102. The number of nitrogens with zero attached hydrogens (tertiary/aromatic N) is 4. The molecule has 4 rings (SSSR count). The first kappa shape index (κ1) is 16.2. The Balaban J connectivity index is 1.54. The smallest absolute Gasteiger partial charge is 0.257 e. The number of carbonyl (C=O) groups is 1.